The number of aromatic nitrogens is 2. The Kier molecular flexibility index (Phi) is 5.17. The van der Waals surface area contributed by atoms with Crippen molar-refractivity contribution < 1.29 is 9.53 Å². The van der Waals surface area contributed by atoms with Gasteiger partial charge in [-0.15, -0.1) is 11.3 Å². The lowest BCUT2D eigenvalue weighted by molar-refractivity contribution is 0.113. The Labute approximate surface area is 168 Å². The molecule has 0 bridgehead atoms. The van der Waals surface area contributed by atoms with Crippen molar-refractivity contribution in [1.82, 2.24) is 14.9 Å². The molecule has 0 spiro atoms. The van der Waals surface area contributed by atoms with Crippen LogP contribution in [0.25, 0.3) is 21.3 Å². The van der Waals surface area contributed by atoms with Gasteiger partial charge >= 0.3 is 6.09 Å². The minimum atomic E-state index is -0.252. The number of nitrogens with one attached hydrogen (secondary N) is 1. The molecule has 0 atom stereocenters. The Morgan fingerprint density at radius 3 is 2.71 bits per heavy atom. The first-order valence-electron chi connectivity index (χ1n) is 9.46. The summed E-state index contributed by atoms with van der Waals surface area (Å²) in [5, 5.41) is 6.84. The monoisotopic (exact) mass is 396 g/mol. The van der Waals surface area contributed by atoms with E-state index in [1.54, 1.807) is 22.6 Å². The summed E-state index contributed by atoms with van der Waals surface area (Å²) in [7, 11) is 1.43. The zero-order valence-corrected chi connectivity index (χ0v) is 17.2. The number of thiophene rings is 1. The van der Waals surface area contributed by atoms with E-state index in [2.05, 4.69) is 52.7 Å². The van der Waals surface area contributed by atoms with Crippen LogP contribution < -0.4 is 5.32 Å². The van der Waals surface area contributed by atoms with Gasteiger partial charge in [-0.1, -0.05) is 18.2 Å². The highest BCUT2D eigenvalue weighted by Gasteiger charge is 2.24. The van der Waals surface area contributed by atoms with Gasteiger partial charge < -0.3 is 15.0 Å². The van der Waals surface area contributed by atoms with Crippen molar-refractivity contribution in [2.24, 2.45) is 0 Å². The third-order valence-corrected chi connectivity index (χ3v) is 6.34. The molecule has 0 aliphatic carbocycles. The lowest BCUT2D eigenvalue weighted by Gasteiger charge is -2.31. The molecule has 1 saturated heterocycles. The summed E-state index contributed by atoms with van der Waals surface area (Å²) < 4.78 is 4.82. The highest BCUT2D eigenvalue weighted by Crippen LogP contribution is 2.37. The Hall–Kier alpha value is -2.67. The predicted octanol–water partition coefficient (Wildman–Crippen LogP) is 4.62. The van der Waals surface area contributed by atoms with Crippen molar-refractivity contribution in [3.63, 3.8) is 0 Å². The number of nitrogens with zero attached hydrogens (tertiary/aromatic N) is 3. The maximum atomic E-state index is 11.7. The number of aryl methyl sites for hydroxylation is 2. The van der Waals surface area contributed by atoms with Crippen molar-refractivity contribution in [2.45, 2.75) is 32.7 Å². The summed E-state index contributed by atoms with van der Waals surface area (Å²) >= 11 is 1.64. The van der Waals surface area contributed by atoms with Crippen LogP contribution in [0.3, 0.4) is 0 Å². The molecule has 1 aliphatic rings. The second kappa shape index (κ2) is 7.75. The van der Waals surface area contributed by atoms with Gasteiger partial charge in [-0.2, -0.15) is 0 Å². The number of anilines is 1. The molecule has 3 aromatic rings. The van der Waals surface area contributed by atoms with E-state index in [0.29, 0.717) is 13.1 Å². The quantitative estimate of drug-likeness (QED) is 0.700. The number of hydrogen-bond donors (Lipinski definition) is 1. The molecule has 4 rings (SSSR count). The lowest BCUT2D eigenvalue weighted by atomic mass is 10.0. The van der Waals surface area contributed by atoms with Gasteiger partial charge in [0.2, 0.25) is 0 Å². The van der Waals surface area contributed by atoms with Crippen LogP contribution in [0, 0.1) is 13.8 Å². The number of hydrogen-bond acceptors (Lipinski definition) is 6. The molecule has 1 aliphatic heterocycles. The van der Waals surface area contributed by atoms with Crippen LogP contribution in [-0.2, 0) is 4.74 Å². The molecule has 146 valence electrons. The topological polar surface area (TPSA) is 67.3 Å². The first-order valence-corrected chi connectivity index (χ1v) is 10.3. The highest BCUT2D eigenvalue weighted by atomic mass is 32.1. The fourth-order valence-corrected chi connectivity index (χ4v) is 4.55. The highest BCUT2D eigenvalue weighted by molar-refractivity contribution is 7.17. The summed E-state index contributed by atoms with van der Waals surface area (Å²) in [4.78, 5) is 23.4. The molecule has 1 fully saturated rings. The third-order valence-electron chi connectivity index (χ3n) is 5.46. The van der Waals surface area contributed by atoms with E-state index >= 15 is 0 Å². The Bertz CT molecular complexity index is 1010. The van der Waals surface area contributed by atoms with E-state index in [1.807, 2.05) is 0 Å². The Balaban J connectivity index is 1.61. The van der Waals surface area contributed by atoms with Crippen molar-refractivity contribution in [2.75, 3.05) is 25.5 Å². The lowest BCUT2D eigenvalue weighted by Crippen LogP contribution is -2.42. The van der Waals surface area contributed by atoms with Gasteiger partial charge in [0.1, 0.15) is 17.0 Å². The van der Waals surface area contributed by atoms with E-state index in [0.717, 1.165) is 34.4 Å². The van der Waals surface area contributed by atoms with Gasteiger partial charge in [0.05, 0.1) is 12.5 Å². The summed E-state index contributed by atoms with van der Waals surface area (Å²) in [5.74, 6) is 0.871. The normalized spacial score (nSPS) is 15.0. The van der Waals surface area contributed by atoms with Crippen molar-refractivity contribution in [3.05, 3.63) is 41.0 Å². The summed E-state index contributed by atoms with van der Waals surface area (Å²) in [6, 6.07) is 6.82. The molecular weight excluding hydrogens is 372 g/mol. The fraction of sp³-hybridized carbons (Fsp3) is 0.381. The standard InChI is InChI=1S/C21H24N4O2S/c1-13-4-5-15(10-14(13)2)17-11-28-20-18(17)19(22-12-23-20)24-16-6-8-25(9-7-16)21(26)27-3/h4-5,10-12,16H,6-9H2,1-3H3,(H,22,23,24). The molecule has 1 aromatic carbocycles. The van der Waals surface area contributed by atoms with Gasteiger partial charge in [0.25, 0.3) is 0 Å². The van der Waals surface area contributed by atoms with E-state index in [1.165, 1.54) is 23.8 Å². The SMILES string of the molecule is COC(=O)N1CCC(Nc2ncnc3scc(-c4ccc(C)c(C)c4)c23)CC1. The van der Waals surface area contributed by atoms with Crippen molar-refractivity contribution >= 4 is 33.5 Å². The number of likely N-dealkylation sites (tertiary alicyclic amines) is 1. The number of rotatable bonds is 3. The molecule has 1 amide bonds. The van der Waals surface area contributed by atoms with Gasteiger partial charge in [-0.05, 0) is 43.4 Å². The third kappa shape index (κ3) is 3.54. The number of fused-ring (bicyclic) bond motifs is 1. The molecule has 0 unspecified atom stereocenters. The molecular formula is C21H24N4O2S. The zero-order chi connectivity index (χ0) is 19.7. The van der Waals surface area contributed by atoms with Crippen molar-refractivity contribution in [3.8, 4) is 11.1 Å². The largest absolute Gasteiger partial charge is 0.453 e. The number of carbonyl (C=O) groups excluding carboxylic acids is 1. The second-order valence-electron chi connectivity index (χ2n) is 7.23. The number of ether oxygens (including phenoxy) is 1. The summed E-state index contributed by atoms with van der Waals surface area (Å²) in [6.07, 6.45) is 3.10. The van der Waals surface area contributed by atoms with Crippen LogP contribution in [-0.4, -0.2) is 47.2 Å². The fourth-order valence-electron chi connectivity index (χ4n) is 3.63. The van der Waals surface area contributed by atoms with Gasteiger partial charge in [-0.3, -0.25) is 0 Å². The van der Waals surface area contributed by atoms with Crippen LogP contribution in [0.2, 0.25) is 0 Å². The van der Waals surface area contributed by atoms with Crippen molar-refractivity contribution in [1.29, 1.82) is 0 Å². The average Bonchev–Trinajstić information content (AvgIpc) is 3.15. The number of amides is 1. The number of benzene rings is 1. The first-order chi connectivity index (χ1) is 13.6. The number of piperidine rings is 1. The zero-order valence-electron chi connectivity index (χ0n) is 16.4. The molecule has 0 radical (unpaired) electrons. The molecule has 3 heterocycles. The van der Waals surface area contributed by atoms with Crippen LogP contribution in [0.5, 0.6) is 0 Å². The van der Waals surface area contributed by atoms with Gasteiger partial charge in [0.15, 0.2) is 0 Å². The van der Waals surface area contributed by atoms with E-state index in [-0.39, 0.29) is 12.1 Å². The molecule has 2 aromatic heterocycles. The molecule has 7 heteroatoms. The van der Waals surface area contributed by atoms with E-state index in [4.69, 9.17) is 4.74 Å². The van der Waals surface area contributed by atoms with Gasteiger partial charge in [-0.25, -0.2) is 14.8 Å². The van der Waals surface area contributed by atoms with E-state index < -0.39 is 0 Å². The number of methoxy groups -OCH3 is 1. The molecule has 0 saturated carbocycles. The Morgan fingerprint density at radius 1 is 1.21 bits per heavy atom. The number of carbonyl (C=O) groups is 1. The van der Waals surface area contributed by atoms with Crippen LogP contribution in [0.1, 0.15) is 24.0 Å². The minimum absolute atomic E-state index is 0.252. The first kappa shape index (κ1) is 18.7. The maximum absolute atomic E-state index is 11.7. The van der Waals surface area contributed by atoms with Crippen LogP contribution in [0.15, 0.2) is 29.9 Å². The maximum Gasteiger partial charge on any atom is 0.409 e. The summed E-state index contributed by atoms with van der Waals surface area (Å²) in [6.45, 7) is 5.64. The minimum Gasteiger partial charge on any atom is -0.453 e. The van der Waals surface area contributed by atoms with Crippen LogP contribution >= 0.6 is 11.3 Å². The second-order valence-corrected chi connectivity index (χ2v) is 8.08. The van der Waals surface area contributed by atoms with Gasteiger partial charge in [0, 0.05) is 30.1 Å². The predicted molar refractivity (Wildman–Crippen MR) is 113 cm³/mol. The smallest absolute Gasteiger partial charge is 0.409 e. The van der Waals surface area contributed by atoms with Crippen LogP contribution in [0.4, 0.5) is 10.6 Å². The Morgan fingerprint density at radius 2 is 2.00 bits per heavy atom. The summed E-state index contributed by atoms with van der Waals surface area (Å²) in [5.41, 5.74) is 4.92. The average molecular weight is 397 g/mol. The molecule has 28 heavy (non-hydrogen) atoms. The van der Waals surface area contributed by atoms with E-state index in [9.17, 15) is 4.79 Å². The molecule has 6 nitrogen and oxygen atoms in total. The molecule has 1 N–H and O–H groups in total.